The highest BCUT2D eigenvalue weighted by atomic mass is 15.1. The minimum Gasteiger partial charge on any atom is -0.311 e. The highest BCUT2D eigenvalue weighted by molar-refractivity contribution is 5.03. The van der Waals surface area contributed by atoms with Gasteiger partial charge in [-0.05, 0) is 40.0 Å². The summed E-state index contributed by atoms with van der Waals surface area (Å²) in [5.74, 6) is 0. The van der Waals surface area contributed by atoms with Crippen LogP contribution in [-0.2, 0) is 6.42 Å². The topological polar surface area (TPSA) is 28.2 Å². The summed E-state index contributed by atoms with van der Waals surface area (Å²) in [5, 5.41) is 3.49. The zero-order valence-corrected chi connectivity index (χ0v) is 11.5. The van der Waals surface area contributed by atoms with Crippen molar-refractivity contribution < 1.29 is 0 Å². The van der Waals surface area contributed by atoms with E-state index in [1.54, 1.807) is 0 Å². The Hall–Kier alpha value is -0.930. The summed E-state index contributed by atoms with van der Waals surface area (Å²) in [6.07, 6.45) is 2.88. The van der Waals surface area contributed by atoms with Crippen molar-refractivity contribution in [3.05, 3.63) is 30.1 Å². The standard InChI is InChI=1S/C14H25N3/c1-14(2,3)16-10-12-17(4)11-8-13-7-5-6-9-15-13/h5-7,9,16H,8,10-12H2,1-4H3. The molecule has 1 heterocycles. The number of nitrogens with zero attached hydrogens (tertiary/aromatic N) is 2. The molecular weight excluding hydrogens is 210 g/mol. The van der Waals surface area contributed by atoms with E-state index in [0.717, 1.165) is 26.1 Å². The fourth-order valence-corrected chi connectivity index (χ4v) is 1.58. The Kier molecular flexibility index (Phi) is 5.59. The largest absolute Gasteiger partial charge is 0.311 e. The lowest BCUT2D eigenvalue weighted by Crippen LogP contribution is -2.40. The van der Waals surface area contributed by atoms with Crippen molar-refractivity contribution in [3.8, 4) is 0 Å². The Morgan fingerprint density at radius 3 is 2.59 bits per heavy atom. The van der Waals surface area contributed by atoms with Gasteiger partial charge in [0.15, 0.2) is 0 Å². The first-order valence-electron chi connectivity index (χ1n) is 6.31. The third-order valence-corrected chi connectivity index (χ3v) is 2.62. The maximum Gasteiger partial charge on any atom is 0.0416 e. The summed E-state index contributed by atoms with van der Waals surface area (Å²) in [7, 11) is 2.16. The molecule has 17 heavy (non-hydrogen) atoms. The van der Waals surface area contributed by atoms with Crippen LogP contribution in [-0.4, -0.2) is 42.1 Å². The highest BCUT2D eigenvalue weighted by Gasteiger charge is 2.08. The summed E-state index contributed by atoms with van der Waals surface area (Å²) in [6, 6.07) is 6.09. The Labute approximate surface area is 105 Å². The van der Waals surface area contributed by atoms with Crippen molar-refractivity contribution in [2.24, 2.45) is 0 Å². The molecule has 0 radical (unpaired) electrons. The molecule has 0 aromatic carbocycles. The van der Waals surface area contributed by atoms with Crippen LogP contribution in [0.25, 0.3) is 0 Å². The number of pyridine rings is 1. The first-order valence-corrected chi connectivity index (χ1v) is 6.31. The predicted molar refractivity (Wildman–Crippen MR) is 73.2 cm³/mol. The van der Waals surface area contributed by atoms with Crippen molar-refractivity contribution in [2.75, 3.05) is 26.7 Å². The van der Waals surface area contributed by atoms with Gasteiger partial charge in [0, 0.05) is 43.5 Å². The van der Waals surface area contributed by atoms with Gasteiger partial charge >= 0.3 is 0 Å². The van der Waals surface area contributed by atoms with Crippen molar-refractivity contribution in [2.45, 2.75) is 32.7 Å². The van der Waals surface area contributed by atoms with E-state index in [1.807, 2.05) is 18.3 Å². The average Bonchev–Trinajstić information content (AvgIpc) is 2.26. The monoisotopic (exact) mass is 235 g/mol. The summed E-state index contributed by atoms with van der Waals surface area (Å²) in [5.41, 5.74) is 1.38. The van der Waals surface area contributed by atoms with Gasteiger partial charge in [0.25, 0.3) is 0 Å². The van der Waals surface area contributed by atoms with Gasteiger partial charge in [-0.25, -0.2) is 0 Å². The molecule has 0 saturated heterocycles. The van der Waals surface area contributed by atoms with Gasteiger partial charge in [0.1, 0.15) is 0 Å². The van der Waals surface area contributed by atoms with Crippen LogP contribution < -0.4 is 5.32 Å². The first kappa shape index (κ1) is 14.1. The van der Waals surface area contributed by atoms with Gasteiger partial charge in [-0.2, -0.15) is 0 Å². The molecule has 0 amide bonds. The Balaban J connectivity index is 2.15. The Morgan fingerprint density at radius 2 is 2.00 bits per heavy atom. The molecule has 0 saturated carbocycles. The molecule has 0 atom stereocenters. The maximum atomic E-state index is 4.33. The minimum atomic E-state index is 0.210. The third-order valence-electron chi connectivity index (χ3n) is 2.62. The summed E-state index contributed by atoms with van der Waals surface area (Å²) >= 11 is 0. The van der Waals surface area contributed by atoms with E-state index in [-0.39, 0.29) is 5.54 Å². The van der Waals surface area contributed by atoms with Crippen LogP contribution in [0, 0.1) is 0 Å². The van der Waals surface area contributed by atoms with Crippen molar-refractivity contribution >= 4 is 0 Å². The summed E-state index contributed by atoms with van der Waals surface area (Å²) in [4.78, 5) is 6.67. The van der Waals surface area contributed by atoms with E-state index in [2.05, 4.69) is 49.1 Å². The quantitative estimate of drug-likeness (QED) is 0.817. The Morgan fingerprint density at radius 1 is 1.24 bits per heavy atom. The summed E-state index contributed by atoms with van der Waals surface area (Å²) < 4.78 is 0. The van der Waals surface area contributed by atoms with E-state index in [4.69, 9.17) is 0 Å². The number of nitrogens with one attached hydrogen (secondary N) is 1. The lowest BCUT2D eigenvalue weighted by Gasteiger charge is -2.23. The predicted octanol–water partition coefficient (Wildman–Crippen LogP) is 1.94. The molecule has 1 aromatic rings. The molecule has 0 aliphatic rings. The van der Waals surface area contributed by atoms with Crippen LogP contribution >= 0.6 is 0 Å². The molecule has 1 N–H and O–H groups in total. The molecule has 3 nitrogen and oxygen atoms in total. The molecule has 0 unspecified atom stereocenters. The zero-order chi connectivity index (χ0) is 12.7. The molecule has 0 spiro atoms. The van der Waals surface area contributed by atoms with Crippen LogP contribution in [0.3, 0.4) is 0 Å². The van der Waals surface area contributed by atoms with Gasteiger partial charge < -0.3 is 10.2 Å². The number of aromatic nitrogens is 1. The molecule has 3 heteroatoms. The van der Waals surface area contributed by atoms with Gasteiger partial charge in [-0.3, -0.25) is 4.98 Å². The lowest BCUT2D eigenvalue weighted by molar-refractivity contribution is 0.311. The summed E-state index contributed by atoms with van der Waals surface area (Å²) in [6.45, 7) is 9.75. The Bertz CT molecular complexity index is 303. The van der Waals surface area contributed by atoms with E-state index >= 15 is 0 Å². The van der Waals surface area contributed by atoms with Crippen molar-refractivity contribution in [3.63, 3.8) is 0 Å². The maximum absolute atomic E-state index is 4.33. The fraction of sp³-hybridized carbons (Fsp3) is 0.643. The molecule has 0 fully saturated rings. The highest BCUT2D eigenvalue weighted by Crippen LogP contribution is 1.98. The molecular formula is C14H25N3. The van der Waals surface area contributed by atoms with Crippen LogP contribution in [0.5, 0.6) is 0 Å². The van der Waals surface area contributed by atoms with Crippen LogP contribution in [0.15, 0.2) is 24.4 Å². The van der Waals surface area contributed by atoms with Crippen LogP contribution in [0.4, 0.5) is 0 Å². The average molecular weight is 235 g/mol. The normalized spacial score (nSPS) is 12.1. The molecule has 0 aliphatic carbocycles. The van der Waals surface area contributed by atoms with Gasteiger partial charge in [-0.1, -0.05) is 6.07 Å². The first-order chi connectivity index (χ1) is 7.97. The second-order valence-corrected chi connectivity index (χ2v) is 5.55. The zero-order valence-electron chi connectivity index (χ0n) is 11.5. The number of rotatable bonds is 6. The smallest absolute Gasteiger partial charge is 0.0416 e. The second-order valence-electron chi connectivity index (χ2n) is 5.55. The molecule has 1 aromatic heterocycles. The SMILES string of the molecule is CN(CCNC(C)(C)C)CCc1ccccn1. The number of likely N-dealkylation sites (N-methyl/N-ethyl adjacent to an activating group) is 1. The van der Waals surface area contributed by atoms with E-state index in [1.165, 1.54) is 5.69 Å². The number of hydrogen-bond acceptors (Lipinski definition) is 3. The molecule has 1 rings (SSSR count). The van der Waals surface area contributed by atoms with Gasteiger partial charge in [0.2, 0.25) is 0 Å². The van der Waals surface area contributed by atoms with Gasteiger partial charge in [-0.15, -0.1) is 0 Å². The van der Waals surface area contributed by atoms with E-state index < -0.39 is 0 Å². The third kappa shape index (κ3) is 7.08. The number of hydrogen-bond donors (Lipinski definition) is 1. The molecule has 96 valence electrons. The molecule has 0 bridgehead atoms. The van der Waals surface area contributed by atoms with Crippen LogP contribution in [0.1, 0.15) is 26.5 Å². The van der Waals surface area contributed by atoms with Crippen molar-refractivity contribution in [1.82, 2.24) is 15.2 Å². The van der Waals surface area contributed by atoms with Crippen LogP contribution in [0.2, 0.25) is 0 Å². The van der Waals surface area contributed by atoms with Gasteiger partial charge in [0.05, 0.1) is 0 Å². The lowest BCUT2D eigenvalue weighted by atomic mass is 10.1. The van der Waals surface area contributed by atoms with E-state index in [9.17, 15) is 0 Å². The second kappa shape index (κ2) is 6.72. The fourth-order valence-electron chi connectivity index (χ4n) is 1.58. The molecule has 0 aliphatic heterocycles. The van der Waals surface area contributed by atoms with E-state index in [0.29, 0.717) is 0 Å². The minimum absolute atomic E-state index is 0.210. The van der Waals surface area contributed by atoms with Crippen molar-refractivity contribution in [1.29, 1.82) is 0 Å².